The van der Waals surface area contributed by atoms with Gasteiger partial charge in [0.1, 0.15) is 23.0 Å². The number of aromatic nitrogens is 1. The van der Waals surface area contributed by atoms with Crippen molar-refractivity contribution < 1.29 is 23.1 Å². The third kappa shape index (κ3) is 3.06. The molecule has 3 aliphatic rings. The van der Waals surface area contributed by atoms with Crippen LogP contribution in [-0.4, -0.2) is 40.8 Å². The maximum atomic E-state index is 15.6. The number of benzene rings is 2. The van der Waals surface area contributed by atoms with Crippen molar-refractivity contribution >= 4 is 22.6 Å². The second-order valence-corrected chi connectivity index (χ2v) is 9.08. The number of nitrogens with zero attached hydrogens (tertiary/aromatic N) is 2. The van der Waals surface area contributed by atoms with Crippen molar-refractivity contribution in [3.63, 3.8) is 0 Å². The smallest absolute Gasteiger partial charge is 0.341 e. The molecule has 3 heterocycles. The topological polar surface area (TPSA) is 74.6 Å². The molecular weight excluding hydrogens is 435 g/mol. The third-order valence-corrected chi connectivity index (χ3v) is 6.98. The van der Waals surface area contributed by atoms with Crippen LogP contribution in [0.15, 0.2) is 35.3 Å². The van der Waals surface area contributed by atoms with Gasteiger partial charge >= 0.3 is 5.97 Å². The number of hydrogen-bond acceptors (Lipinski definition) is 4. The van der Waals surface area contributed by atoms with E-state index in [1.165, 1.54) is 10.6 Å². The second kappa shape index (κ2) is 7.08. The Labute approximate surface area is 186 Å². The lowest BCUT2D eigenvalue weighted by Gasteiger charge is -2.32. The highest BCUT2D eigenvalue weighted by atomic mass is 19.1. The molecule has 9 heteroatoms. The molecule has 0 amide bonds. The molecule has 3 fully saturated rings. The molecule has 2 N–H and O–H groups in total. The summed E-state index contributed by atoms with van der Waals surface area (Å²) in [4.78, 5) is 26.9. The monoisotopic (exact) mass is 455 g/mol. The number of carbonyl (C=O) groups is 1. The first-order valence-electron chi connectivity index (χ1n) is 10.9. The number of fused-ring (bicyclic) bond motifs is 3. The Morgan fingerprint density at radius 2 is 1.91 bits per heavy atom. The van der Waals surface area contributed by atoms with Gasteiger partial charge in [0.05, 0.1) is 22.3 Å². The van der Waals surface area contributed by atoms with Gasteiger partial charge in [-0.3, -0.25) is 4.79 Å². The van der Waals surface area contributed by atoms with E-state index < -0.39 is 34.4 Å². The Morgan fingerprint density at radius 3 is 2.52 bits per heavy atom. The summed E-state index contributed by atoms with van der Waals surface area (Å²) in [5.74, 6) is -3.81. The first kappa shape index (κ1) is 20.3. The maximum absolute atomic E-state index is 15.6. The van der Waals surface area contributed by atoms with Crippen LogP contribution in [0.5, 0.6) is 0 Å². The van der Waals surface area contributed by atoms with Gasteiger partial charge in [0.15, 0.2) is 0 Å². The molecule has 2 aromatic carbocycles. The highest BCUT2D eigenvalue weighted by Crippen LogP contribution is 2.50. The Bertz CT molecular complexity index is 1400. The Hall–Kier alpha value is -3.33. The molecule has 2 atom stereocenters. The molecular formula is C24H20F3N3O3. The fourth-order valence-electron chi connectivity index (χ4n) is 5.38. The molecule has 170 valence electrons. The largest absolute Gasteiger partial charge is 0.477 e. The Kier molecular flexibility index (Phi) is 4.35. The molecule has 0 spiro atoms. The average molecular weight is 455 g/mol. The molecule has 2 unspecified atom stereocenters. The third-order valence-electron chi connectivity index (χ3n) is 6.98. The number of carboxylic acids is 1. The first-order valence-corrected chi connectivity index (χ1v) is 10.9. The zero-order chi connectivity index (χ0) is 23.0. The number of aromatic carboxylic acids is 1. The highest BCUT2D eigenvalue weighted by molar-refractivity contribution is 5.96. The van der Waals surface area contributed by atoms with Gasteiger partial charge in [0, 0.05) is 43.0 Å². The van der Waals surface area contributed by atoms with Crippen molar-refractivity contribution in [2.24, 2.45) is 0 Å². The molecule has 6 rings (SSSR count). The molecule has 2 aliphatic heterocycles. The minimum Gasteiger partial charge on any atom is -0.477 e. The normalized spacial score (nSPS) is 21.8. The van der Waals surface area contributed by atoms with E-state index in [1.54, 1.807) is 0 Å². The molecule has 2 bridgehead atoms. The summed E-state index contributed by atoms with van der Waals surface area (Å²) >= 11 is 0. The van der Waals surface area contributed by atoms with Gasteiger partial charge in [-0.25, -0.2) is 18.0 Å². The van der Waals surface area contributed by atoms with Gasteiger partial charge in [-0.05, 0) is 43.4 Å². The zero-order valence-electron chi connectivity index (χ0n) is 17.4. The van der Waals surface area contributed by atoms with Crippen LogP contribution in [0.4, 0.5) is 18.9 Å². The van der Waals surface area contributed by atoms with Gasteiger partial charge < -0.3 is 19.9 Å². The minimum absolute atomic E-state index is 0.0323. The average Bonchev–Trinajstić information content (AvgIpc) is 3.39. The first-order chi connectivity index (χ1) is 15.8. The SMILES string of the molecule is O=C(O)c1cn(-c2ccc(F)cc2F)c2c(C3CC3)c(N3CC4CC3CN4)c(F)cc2c1=O. The molecule has 33 heavy (non-hydrogen) atoms. The number of carboxylic acid groups (broad SMARTS) is 1. The molecule has 3 aromatic rings. The van der Waals surface area contributed by atoms with Crippen molar-refractivity contribution in [2.45, 2.75) is 37.3 Å². The molecule has 1 saturated carbocycles. The lowest BCUT2D eigenvalue weighted by atomic mass is 9.98. The molecule has 1 aliphatic carbocycles. The van der Waals surface area contributed by atoms with Crippen LogP contribution in [0.2, 0.25) is 0 Å². The number of anilines is 1. The number of piperazine rings is 1. The Morgan fingerprint density at radius 1 is 1.12 bits per heavy atom. The van der Waals surface area contributed by atoms with E-state index >= 15 is 4.39 Å². The van der Waals surface area contributed by atoms with E-state index in [0.29, 0.717) is 23.9 Å². The van der Waals surface area contributed by atoms with Crippen LogP contribution in [0.1, 0.15) is 41.1 Å². The lowest BCUT2D eigenvalue weighted by molar-refractivity contribution is 0.0695. The quantitative estimate of drug-likeness (QED) is 0.630. The van der Waals surface area contributed by atoms with Gasteiger partial charge in [-0.15, -0.1) is 0 Å². The summed E-state index contributed by atoms with van der Waals surface area (Å²) < 4.78 is 45.4. The summed E-state index contributed by atoms with van der Waals surface area (Å²) in [5, 5.41) is 12.9. The zero-order valence-corrected chi connectivity index (χ0v) is 17.4. The van der Waals surface area contributed by atoms with E-state index in [0.717, 1.165) is 44.1 Å². The Balaban J connectivity index is 1.73. The van der Waals surface area contributed by atoms with Crippen molar-refractivity contribution in [3.05, 3.63) is 69.3 Å². The molecule has 1 aromatic heterocycles. The predicted molar refractivity (Wildman–Crippen MR) is 116 cm³/mol. The van der Waals surface area contributed by atoms with Crippen molar-refractivity contribution in [1.82, 2.24) is 9.88 Å². The fourth-order valence-corrected chi connectivity index (χ4v) is 5.38. The number of rotatable bonds is 4. The standard InChI is InChI=1S/C24H20F3N3O3/c25-12-3-4-19(17(26)5-12)30-10-16(24(32)33)23(31)15-7-18(27)22(20(21(15)30)11-1-2-11)29-9-13-6-14(29)8-28-13/h3-5,7,10-11,13-14,28H,1-2,6,8-9H2,(H,32,33). The van der Waals surface area contributed by atoms with Gasteiger partial charge in [-0.1, -0.05) is 0 Å². The molecule has 2 saturated heterocycles. The summed E-state index contributed by atoms with van der Waals surface area (Å²) in [7, 11) is 0. The van der Waals surface area contributed by atoms with E-state index in [-0.39, 0.29) is 34.6 Å². The van der Waals surface area contributed by atoms with E-state index in [2.05, 4.69) is 5.32 Å². The minimum atomic E-state index is -1.50. The van der Waals surface area contributed by atoms with Gasteiger partial charge in [0.25, 0.3) is 0 Å². The van der Waals surface area contributed by atoms with Crippen LogP contribution in [0.3, 0.4) is 0 Å². The highest BCUT2D eigenvalue weighted by Gasteiger charge is 2.42. The molecule has 6 nitrogen and oxygen atoms in total. The maximum Gasteiger partial charge on any atom is 0.341 e. The van der Waals surface area contributed by atoms with E-state index in [1.807, 2.05) is 4.90 Å². The number of hydrogen-bond donors (Lipinski definition) is 2. The second-order valence-electron chi connectivity index (χ2n) is 9.08. The molecule has 0 radical (unpaired) electrons. The van der Waals surface area contributed by atoms with Crippen molar-refractivity contribution in [1.29, 1.82) is 0 Å². The number of pyridine rings is 1. The van der Waals surface area contributed by atoms with Gasteiger partial charge in [0.2, 0.25) is 5.43 Å². The van der Waals surface area contributed by atoms with Crippen LogP contribution in [-0.2, 0) is 0 Å². The van der Waals surface area contributed by atoms with E-state index in [9.17, 15) is 23.5 Å². The van der Waals surface area contributed by atoms with Crippen LogP contribution >= 0.6 is 0 Å². The summed E-state index contributed by atoms with van der Waals surface area (Å²) in [6.45, 7) is 1.35. The number of halogens is 3. The van der Waals surface area contributed by atoms with Crippen LogP contribution < -0.4 is 15.6 Å². The lowest BCUT2D eigenvalue weighted by Crippen LogP contribution is -2.44. The van der Waals surface area contributed by atoms with Crippen molar-refractivity contribution in [2.75, 3.05) is 18.0 Å². The predicted octanol–water partition coefficient (Wildman–Crippen LogP) is 3.53. The van der Waals surface area contributed by atoms with Crippen molar-refractivity contribution in [3.8, 4) is 5.69 Å². The summed E-state index contributed by atoms with van der Waals surface area (Å²) in [6, 6.07) is 4.40. The fraction of sp³-hybridized carbons (Fsp3) is 0.333. The van der Waals surface area contributed by atoms with Crippen LogP contribution in [0.25, 0.3) is 16.6 Å². The van der Waals surface area contributed by atoms with E-state index in [4.69, 9.17) is 0 Å². The van der Waals surface area contributed by atoms with Crippen LogP contribution in [0, 0.1) is 17.5 Å². The number of nitrogens with one attached hydrogen (secondary N) is 1. The van der Waals surface area contributed by atoms with Gasteiger partial charge in [-0.2, -0.15) is 0 Å². The summed E-state index contributed by atoms with van der Waals surface area (Å²) in [6.07, 6.45) is 3.52. The summed E-state index contributed by atoms with van der Waals surface area (Å²) in [5.41, 5.74) is -0.260.